The van der Waals surface area contributed by atoms with Crippen LogP contribution in [0.3, 0.4) is 0 Å². The molecule has 0 spiro atoms. The van der Waals surface area contributed by atoms with Crippen molar-refractivity contribution in [2.75, 3.05) is 13.2 Å². The van der Waals surface area contributed by atoms with Gasteiger partial charge in [0, 0.05) is 6.61 Å². The summed E-state index contributed by atoms with van der Waals surface area (Å²) in [6.07, 6.45) is 4.09. The van der Waals surface area contributed by atoms with Gasteiger partial charge in [-0.25, -0.2) is 0 Å². The highest BCUT2D eigenvalue weighted by atomic mass is 28.4. The minimum atomic E-state index is -1.87. The fourth-order valence-corrected chi connectivity index (χ4v) is 8.56. The molecule has 16 heavy (non-hydrogen) atoms. The largest absolute Gasteiger partial charge is 0.436 e. The summed E-state index contributed by atoms with van der Waals surface area (Å²) in [4.78, 5) is 0. The van der Waals surface area contributed by atoms with Gasteiger partial charge >= 0.3 is 8.56 Å². The van der Waals surface area contributed by atoms with Gasteiger partial charge in [-0.15, -0.1) is 0 Å². The molecule has 1 heterocycles. The van der Waals surface area contributed by atoms with Gasteiger partial charge in [-0.3, -0.25) is 0 Å². The van der Waals surface area contributed by atoms with Gasteiger partial charge in [0.15, 0.2) is 8.32 Å². The summed E-state index contributed by atoms with van der Waals surface area (Å²) in [6.45, 7) is 12.8. The van der Waals surface area contributed by atoms with Crippen LogP contribution in [0, 0.1) is 0 Å². The van der Waals surface area contributed by atoms with E-state index in [1.54, 1.807) is 0 Å². The number of hydrogen-bond acceptors (Lipinski definition) is 3. The molecule has 0 aromatic rings. The van der Waals surface area contributed by atoms with Crippen LogP contribution in [0.25, 0.3) is 0 Å². The Morgan fingerprint density at radius 2 is 1.75 bits per heavy atom. The van der Waals surface area contributed by atoms with Crippen LogP contribution in [0.2, 0.25) is 32.7 Å². The third-order valence-electron chi connectivity index (χ3n) is 2.32. The summed E-state index contributed by atoms with van der Waals surface area (Å²) < 4.78 is 17.2. The molecule has 0 bridgehead atoms. The molecule has 0 aromatic carbocycles. The van der Waals surface area contributed by atoms with Crippen molar-refractivity contribution in [2.45, 2.75) is 58.1 Å². The van der Waals surface area contributed by atoms with Gasteiger partial charge < -0.3 is 13.3 Å². The molecule has 3 nitrogen and oxygen atoms in total. The van der Waals surface area contributed by atoms with E-state index < -0.39 is 16.9 Å². The van der Waals surface area contributed by atoms with Crippen LogP contribution in [0.15, 0.2) is 0 Å². The summed E-state index contributed by atoms with van der Waals surface area (Å²) in [5.41, 5.74) is 0. The highest BCUT2D eigenvalue weighted by Gasteiger charge is 2.31. The maximum atomic E-state index is 6.10. The molecule has 0 aromatic heterocycles. The van der Waals surface area contributed by atoms with E-state index in [4.69, 9.17) is 13.3 Å². The number of unbranched alkanes of at least 4 members (excludes halogenated alkanes) is 1. The lowest BCUT2D eigenvalue weighted by Gasteiger charge is -2.30. The maximum absolute atomic E-state index is 6.10. The Morgan fingerprint density at radius 1 is 1.12 bits per heavy atom. The average molecular weight is 262 g/mol. The number of hydrogen-bond donors (Lipinski definition) is 0. The first-order valence-electron chi connectivity index (χ1n) is 6.24. The SMILES string of the molecule is C[Si](C)(C)O[Si](C)(C)OCCCCC1CO1. The summed E-state index contributed by atoms with van der Waals surface area (Å²) in [7, 11) is -3.32. The minimum absolute atomic E-state index is 0.559. The molecule has 1 aliphatic heterocycles. The standard InChI is InChI=1S/C11H26O3Si2/c1-15(2,3)14-16(4,5)13-9-7-6-8-11-10-12-11/h11H,6-10H2,1-5H3. The lowest BCUT2D eigenvalue weighted by molar-refractivity contribution is 0.237. The zero-order chi connectivity index (χ0) is 12.2. The predicted molar refractivity (Wildman–Crippen MR) is 71.5 cm³/mol. The first kappa shape index (κ1) is 14.4. The van der Waals surface area contributed by atoms with Crippen molar-refractivity contribution in [1.29, 1.82) is 0 Å². The smallest absolute Gasteiger partial charge is 0.321 e. The van der Waals surface area contributed by atoms with Crippen LogP contribution in [-0.2, 0) is 13.3 Å². The summed E-state index contributed by atoms with van der Waals surface area (Å²) >= 11 is 0. The Kier molecular flexibility index (Phi) is 5.19. The van der Waals surface area contributed by atoms with Crippen molar-refractivity contribution < 1.29 is 13.3 Å². The van der Waals surface area contributed by atoms with Crippen LogP contribution in [-0.4, -0.2) is 36.2 Å². The van der Waals surface area contributed by atoms with Crippen molar-refractivity contribution >= 4 is 16.9 Å². The Morgan fingerprint density at radius 3 is 2.25 bits per heavy atom. The average Bonchev–Trinajstić information content (AvgIpc) is 2.82. The summed E-state index contributed by atoms with van der Waals surface area (Å²) in [5.74, 6) is 0. The zero-order valence-corrected chi connectivity index (χ0v) is 13.3. The van der Waals surface area contributed by atoms with E-state index in [2.05, 4.69) is 32.7 Å². The third kappa shape index (κ3) is 7.56. The van der Waals surface area contributed by atoms with E-state index >= 15 is 0 Å². The lowest BCUT2D eigenvalue weighted by Crippen LogP contribution is -2.44. The molecule has 1 unspecified atom stereocenters. The van der Waals surface area contributed by atoms with Crippen molar-refractivity contribution in [3.05, 3.63) is 0 Å². The first-order chi connectivity index (χ1) is 7.29. The van der Waals surface area contributed by atoms with E-state index in [9.17, 15) is 0 Å². The van der Waals surface area contributed by atoms with Crippen LogP contribution in [0.5, 0.6) is 0 Å². The second kappa shape index (κ2) is 5.77. The summed E-state index contributed by atoms with van der Waals surface area (Å²) in [6, 6.07) is 0. The van der Waals surface area contributed by atoms with E-state index in [0.717, 1.165) is 19.6 Å². The monoisotopic (exact) mass is 262 g/mol. The van der Waals surface area contributed by atoms with Crippen molar-refractivity contribution in [2.24, 2.45) is 0 Å². The van der Waals surface area contributed by atoms with Gasteiger partial charge in [-0.2, -0.15) is 0 Å². The van der Waals surface area contributed by atoms with Crippen LogP contribution in [0.4, 0.5) is 0 Å². The fraction of sp³-hybridized carbons (Fsp3) is 1.00. The molecule has 5 heteroatoms. The molecule has 0 amide bonds. The molecule has 0 radical (unpaired) electrons. The topological polar surface area (TPSA) is 31.0 Å². The van der Waals surface area contributed by atoms with Gasteiger partial charge in [0.2, 0.25) is 0 Å². The van der Waals surface area contributed by atoms with E-state index in [1.807, 2.05) is 0 Å². The van der Waals surface area contributed by atoms with Gasteiger partial charge in [-0.05, 0) is 52.0 Å². The first-order valence-corrected chi connectivity index (χ1v) is 12.5. The van der Waals surface area contributed by atoms with Crippen LogP contribution >= 0.6 is 0 Å². The van der Waals surface area contributed by atoms with E-state index in [1.165, 1.54) is 12.8 Å². The molecule has 1 fully saturated rings. The van der Waals surface area contributed by atoms with Gasteiger partial charge in [-0.1, -0.05) is 0 Å². The predicted octanol–water partition coefficient (Wildman–Crippen LogP) is 3.13. The van der Waals surface area contributed by atoms with Crippen molar-refractivity contribution in [3.8, 4) is 0 Å². The van der Waals surface area contributed by atoms with Crippen LogP contribution < -0.4 is 0 Å². The van der Waals surface area contributed by atoms with Crippen molar-refractivity contribution in [3.63, 3.8) is 0 Å². The molecule has 1 aliphatic rings. The maximum Gasteiger partial charge on any atom is 0.321 e. The quantitative estimate of drug-likeness (QED) is 0.382. The Bertz CT molecular complexity index is 210. The molecule has 1 atom stereocenters. The summed E-state index contributed by atoms with van der Waals surface area (Å²) in [5, 5.41) is 0. The lowest BCUT2D eigenvalue weighted by atomic mass is 10.2. The Hall–Kier alpha value is 0.314. The second-order valence-corrected chi connectivity index (χ2v) is 14.0. The number of epoxide rings is 1. The Labute approximate surface area is 102 Å². The molecule has 1 saturated heterocycles. The molecule has 0 saturated carbocycles. The molecular weight excluding hydrogens is 236 g/mol. The highest BCUT2D eigenvalue weighted by molar-refractivity contribution is 6.81. The zero-order valence-electron chi connectivity index (χ0n) is 11.3. The molecular formula is C11H26O3Si2. The second-order valence-electron chi connectivity index (χ2n) is 5.91. The molecule has 0 N–H and O–H groups in total. The van der Waals surface area contributed by atoms with Gasteiger partial charge in [0.1, 0.15) is 0 Å². The molecule has 0 aliphatic carbocycles. The van der Waals surface area contributed by atoms with Crippen LogP contribution in [0.1, 0.15) is 19.3 Å². The number of ether oxygens (including phenoxy) is 1. The molecule has 96 valence electrons. The Balaban J connectivity index is 2.04. The highest BCUT2D eigenvalue weighted by Crippen LogP contribution is 2.18. The third-order valence-corrected chi connectivity index (χ3v) is 7.64. The minimum Gasteiger partial charge on any atom is -0.436 e. The fourth-order valence-electron chi connectivity index (χ4n) is 1.79. The van der Waals surface area contributed by atoms with E-state index in [-0.39, 0.29) is 0 Å². The normalized spacial score (nSPS) is 21.2. The van der Waals surface area contributed by atoms with Gasteiger partial charge in [0.05, 0.1) is 12.7 Å². The van der Waals surface area contributed by atoms with Gasteiger partial charge in [0.25, 0.3) is 0 Å². The van der Waals surface area contributed by atoms with E-state index in [0.29, 0.717) is 6.10 Å². The molecule has 1 rings (SSSR count). The number of rotatable bonds is 8. The van der Waals surface area contributed by atoms with Crippen molar-refractivity contribution in [1.82, 2.24) is 0 Å².